The van der Waals surface area contributed by atoms with Gasteiger partial charge in [-0.2, -0.15) is 10.1 Å². The Morgan fingerprint density at radius 3 is 2.31 bits per heavy atom. The molecule has 1 aliphatic rings. The van der Waals surface area contributed by atoms with Crippen LogP contribution in [0.1, 0.15) is 42.1 Å². The van der Waals surface area contributed by atoms with E-state index in [0.717, 1.165) is 16.7 Å². The maximum Gasteiger partial charge on any atom is 0.231 e. The fourth-order valence-corrected chi connectivity index (χ4v) is 3.59. The summed E-state index contributed by atoms with van der Waals surface area (Å²) < 4.78 is 15.1. The highest BCUT2D eigenvalue weighted by atomic mass is 19.1. The predicted molar refractivity (Wildman–Crippen MR) is 96.3 cm³/mol. The summed E-state index contributed by atoms with van der Waals surface area (Å²) >= 11 is 0. The normalized spacial score (nSPS) is 19.3. The molecule has 5 nitrogen and oxygen atoms in total. The Bertz CT molecular complexity index is 933. The molecule has 26 heavy (non-hydrogen) atoms. The van der Waals surface area contributed by atoms with Gasteiger partial charge in [0.15, 0.2) is 0 Å². The number of aromatic nitrogens is 3. The molecule has 2 heterocycles. The first-order valence-electron chi connectivity index (χ1n) is 8.56. The first-order valence-corrected chi connectivity index (χ1v) is 8.56. The molecule has 1 aromatic heterocycles. The Kier molecular flexibility index (Phi) is 4.03. The van der Waals surface area contributed by atoms with Gasteiger partial charge in [-0.1, -0.05) is 42.0 Å². The highest BCUT2D eigenvalue weighted by Crippen LogP contribution is 2.41. The Balaban J connectivity index is 1.82. The van der Waals surface area contributed by atoms with Crippen LogP contribution in [0.3, 0.4) is 0 Å². The van der Waals surface area contributed by atoms with Crippen molar-refractivity contribution < 1.29 is 9.18 Å². The first-order chi connectivity index (χ1) is 12.5. The van der Waals surface area contributed by atoms with Gasteiger partial charge in [0.05, 0.1) is 12.1 Å². The highest BCUT2D eigenvalue weighted by molar-refractivity contribution is 5.90. The molecule has 4 rings (SSSR count). The summed E-state index contributed by atoms with van der Waals surface area (Å²) in [6.45, 7) is 3.57. The van der Waals surface area contributed by atoms with Gasteiger partial charge >= 0.3 is 0 Å². The van der Waals surface area contributed by atoms with Crippen molar-refractivity contribution in [3.63, 3.8) is 0 Å². The molecule has 0 bridgehead atoms. The monoisotopic (exact) mass is 350 g/mol. The second-order valence-electron chi connectivity index (χ2n) is 6.62. The first kappa shape index (κ1) is 16.4. The zero-order valence-corrected chi connectivity index (χ0v) is 14.6. The van der Waals surface area contributed by atoms with Gasteiger partial charge in [-0.05, 0) is 36.6 Å². The van der Waals surface area contributed by atoms with Crippen molar-refractivity contribution in [2.24, 2.45) is 0 Å². The number of halogens is 1. The molecular weight excluding hydrogens is 331 g/mol. The molecule has 0 saturated carbocycles. The summed E-state index contributed by atoms with van der Waals surface area (Å²) in [7, 11) is 0. The number of aryl methyl sites for hydroxylation is 1. The lowest BCUT2D eigenvalue weighted by molar-refractivity contribution is -0.117. The van der Waals surface area contributed by atoms with E-state index in [4.69, 9.17) is 0 Å². The van der Waals surface area contributed by atoms with Crippen molar-refractivity contribution in [3.8, 4) is 0 Å². The number of fused-ring (bicyclic) bond motifs is 1. The summed E-state index contributed by atoms with van der Waals surface area (Å²) in [4.78, 5) is 18.4. The Hall–Kier alpha value is -3.02. The van der Waals surface area contributed by atoms with Gasteiger partial charge in [-0.25, -0.2) is 9.07 Å². The van der Waals surface area contributed by atoms with E-state index in [1.54, 1.807) is 28.6 Å². The molecule has 0 saturated heterocycles. The molecule has 0 spiro atoms. The van der Waals surface area contributed by atoms with Crippen LogP contribution < -0.4 is 4.90 Å². The maximum atomic E-state index is 13.3. The molecule has 1 aliphatic heterocycles. The van der Waals surface area contributed by atoms with Gasteiger partial charge in [-0.15, -0.1) is 0 Å². The summed E-state index contributed by atoms with van der Waals surface area (Å²) in [5.41, 5.74) is 3.16. The van der Waals surface area contributed by atoms with Gasteiger partial charge < -0.3 is 0 Å². The van der Waals surface area contributed by atoms with Crippen LogP contribution >= 0.6 is 0 Å². The predicted octanol–water partition coefficient (Wildman–Crippen LogP) is 3.81. The number of hydrogen-bond donors (Lipinski definition) is 0. The minimum Gasteiger partial charge on any atom is -0.275 e. The van der Waals surface area contributed by atoms with E-state index in [1.807, 2.05) is 31.2 Å². The van der Waals surface area contributed by atoms with Crippen LogP contribution in [0.4, 0.5) is 10.3 Å². The molecule has 0 fully saturated rings. The Morgan fingerprint density at radius 1 is 1.04 bits per heavy atom. The van der Waals surface area contributed by atoms with E-state index in [2.05, 4.69) is 10.1 Å². The number of hydrogen-bond acceptors (Lipinski definition) is 3. The zero-order chi connectivity index (χ0) is 18.3. The summed E-state index contributed by atoms with van der Waals surface area (Å²) in [5.74, 6) is 0.162. The Morgan fingerprint density at radius 2 is 1.65 bits per heavy atom. The number of anilines is 1. The molecule has 0 radical (unpaired) electrons. The summed E-state index contributed by atoms with van der Waals surface area (Å²) in [6.07, 6.45) is 2.10. The average molecular weight is 350 g/mol. The fraction of sp³-hybridized carbons (Fsp3) is 0.250. The quantitative estimate of drug-likeness (QED) is 0.706. The van der Waals surface area contributed by atoms with Crippen LogP contribution in [0.15, 0.2) is 54.9 Å². The molecule has 2 aromatic carbocycles. The van der Waals surface area contributed by atoms with Crippen LogP contribution in [0.5, 0.6) is 0 Å². The largest absolute Gasteiger partial charge is 0.275 e. The molecule has 0 N–H and O–H groups in total. The third kappa shape index (κ3) is 2.77. The van der Waals surface area contributed by atoms with E-state index in [0.29, 0.717) is 12.4 Å². The third-order valence-electron chi connectivity index (χ3n) is 4.88. The van der Waals surface area contributed by atoms with E-state index in [-0.39, 0.29) is 23.8 Å². The lowest BCUT2D eigenvalue weighted by atomic mass is 9.91. The Labute approximate surface area is 151 Å². The van der Waals surface area contributed by atoms with Gasteiger partial charge in [0.1, 0.15) is 12.1 Å². The number of amides is 1. The molecule has 2 atom stereocenters. The second kappa shape index (κ2) is 6.37. The number of rotatable bonds is 2. The lowest BCUT2D eigenvalue weighted by Gasteiger charge is -2.38. The average Bonchev–Trinajstić information content (AvgIpc) is 3.11. The van der Waals surface area contributed by atoms with Crippen LogP contribution in [0, 0.1) is 12.7 Å². The van der Waals surface area contributed by atoms with Gasteiger partial charge in [0.2, 0.25) is 11.9 Å². The number of nitrogens with zero attached hydrogens (tertiary/aromatic N) is 4. The molecule has 132 valence electrons. The van der Waals surface area contributed by atoms with Crippen LogP contribution in [0.25, 0.3) is 0 Å². The molecule has 6 heteroatoms. The zero-order valence-electron chi connectivity index (χ0n) is 14.6. The SMILES string of the molecule is CC(=O)N1c2ncnn2C(c2ccc(F)cc2)CC1c1ccc(C)cc1. The summed E-state index contributed by atoms with van der Waals surface area (Å²) in [5, 5.41) is 4.33. The number of carbonyl (C=O) groups excluding carboxylic acids is 1. The van der Waals surface area contributed by atoms with E-state index >= 15 is 0 Å². The van der Waals surface area contributed by atoms with Crippen molar-refractivity contribution in [1.82, 2.24) is 14.8 Å². The van der Waals surface area contributed by atoms with Crippen LogP contribution in [0.2, 0.25) is 0 Å². The molecule has 1 amide bonds. The van der Waals surface area contributed by atoms with E-state index in [1.165, 1.54) is 18.5 Å². The smallest absolute Gasteiger partial charge is 0.231 e. The second-order valence-corrected chi connectivity index (χ2v) is 6.62. The maximum absolute atomic E-state index is 13.3. The molecular formula is C20H19FN4O. The van der Waals surface area contributed by atoms with Crippen molar-refractivity contribution >= 4 is 11.9 Å². The molecule has 0 aliphatic carbocycles. The minimum absolute atomic E-state index is 0.0811. The third-order valence-corrected chi connectivity index (χ3v) is 4.88. The van der Waals surface area contributed by atoms with Crippen molar-refractivity contribution in [2.75, 3.05) is 4.90 Å². The van der Waals surface area contributed by atoms with Crippen molar-refractivity contribution in [3.05, 3.63) is 77.4 Å². The van der Waals surface area contributed by atoms with Crippen molar-refractivity contribution in [2.45, 2.75) is 32.4 Å². The van der Waals surface area contributed by atoms with E-state index in [9.17, 15) is 9.18 Å². The van der Waals surface area contributed by atoms with Gasteiger partial charge in [0.25, 0.3) is 0 Å². The summed E-state index contributed by atoms with van der Waals surface area (Å²) in [6, 6.07) is 14.3. The van der Waals surface area contributed by atoms with E-state index < -0.39 is 0 Å². The van der Waals surface area contributed by atoms with Gasteiger partial charge in [0, 0.05) is 6.92 Å². The number of carbonyl (C=O) groups is 1. The minimum atomic E-state index is -0.274. The van der Waals surface area contributed by atoms with Gasteiger partial charge in [-0.3, -0.25) is 9.69 Å². The molecule has 3 aromatic rings. The van der Waals surface area contributed by atoms with Crippen LogP contribution in [-0.2, 0) is 4.79 Å². The van der Waals surface area contributed by atoms with Crippen molar-refractivity contribution in [1.29, 1.82) is 0 Å². The fourth-order valence-electron chi connectivity index (χ4n) is 3.59. The number of benzene rings is 2. The van der Waals surface area contributed by atoms with Crippen LogP contribution in [-0.4, -0.2) is 20.7 Å². The standard InChI is InChI=1S/C20H19FN4O/c1-13-3-5-15(6-4-13)18-11-19(16-7-9-17(21)10-8-16)25-20(22-12-23-25)24(18)14(2)26/h3-10,12,18-19H,11H2,1-2H3. The topological polar surface area (TPSA) is 51.0 Å². The lowest BCUT2D eigenvalue weighted by Crippen LogP contribution is -2.41. The molecule has 2 unspecified atom stereocenters. The highest BCUT2D eigenvalue weighted by Gasteiger charge is 2.38.